The van der Waals surface area contributed by atoms with Crippen molar-refractivity contribution in [2.45, 2.75) is 13.3 Å². The molecule has 0 aliphatic carbocycles. The number of nitrogens with zero attached hydrogens (tertiary/aromatic N) is 1. The lowest BCUT2D eigenvalue weighted by molar-refractivity contribution is -0.274. The molecular formula is C17H12F3NO4. The van der Waals surface area contributed by atoms with Crippen LogP contribution in [0.5, 0.6) is 11.6 Å². The van der Waals surface area contributed by atoms with E-state index < -0.39 is 6.36 Å². The normalized spacial score (nSPS) is 11.5. The first-order valence-electron chi connectivity index (χ1n) is 7.20. The maximum absolute atomic E-state index is 12.2. The number of fused-ring (bicyclic) bond motifs is 1. The minimum atomic E-state index is -4.73. The molecule has 25 heavy (non-hydrogen) atoms. The van der Waals surface area contributed by atoms with Crippen LogP contribution in [-0.2, 0) is 4.79 Å². The third kappa shape index (κ3) is 4.09. The number of ketones is 1. The Hall–Kier alpha value is -3.03. The minimum Gasteiger partial charge on any atom is -0.467 e. The summed E-state index contributed by atoms with van der Waals surface area (Å²) in [4.78, 5) is 11.0. The van der Waals surface area contributed by atoms with E-state index in [1.165, 1.54) is 31.2 Å². The predicted molar refractivity (Wildman–Crippen MR) is 82.3 cm³/mol. The SMILES string of the molecule is CC(=O)COc1noc2ccc(-c3ccc(OC(F)(F)F)cc3)cc12. The third-order valence-corrected chi connectivity index (χ3v) is 3.27. The number of alkyl halides is 3. The molecule has 8 heteroatoms. The number of Topliss-reactive ketones (excluding diaryl/α,β-unsaturated/α-hetero) is 1. The number of benzene rings is 2. The Labute approximate surface area is 139 Å². The van der Waals surface area contributed by atoms with Gasteiger partial charge in [-0.15, -0.1) is 13.2 Å². The molecule has 3 rings (SSSR count). The average Bonchev–Trinajstić information content (AvgIpc) is 2.94. The lowest BCUT2D eigenvalue weighted by Gasteiger charge is -2.09. The summed E-state index contributed by atoms with van der Waals surface area (Å²) in [5, 5.41) is 4.33. The standard InChI is InChI=1S/C17H12F3NO4/c1-10(22)9-23-16-14-8-12(4-7-15(14)25-21-16)11-2-5-13(6-3-11)24-17(18,19)20/h2-8H,9H2,1H3. The molecule has 0 saturated heterocycles. The second-order valence-electron chi connectivity index (χ2n) is 5.26. The summed E-state index contributed by atoms with van der Waals surface area (Å²) < 4.78 is 50.8. The highest BCUT2D eigenvalue weighted by molar-refractivity contribution is 5.87. The van der Waals surface area contributed by atoms with E-state index in [9.17, 15) is 18.0 Å². The number of aromatic nitrogens is 1. The maximum Gasteiger partial charge on any atom is 0.573 e. The molecule has 0 radical (unpaired) electrons. The minimum absolute atomic E-state index is 0.130. The van der Waals surface area contributed by atoms with Gasteiger partial charge in [-0.05, 0) is 47.5 Å². The van der Waals surface area contributed by atoms with Crippen molar-refractivity contribution in [2.24, 2.45) is 0 Å². The van der Waals surface area contributed by atoms with Crippen LogP contribution in [0.4, 0.5) is 13.2 Å². The van der Waals surface area contributed by atoms with Crippen molar-refractivity contribution in [3.05, 3.63) is 42.5 Å². The first kappa shape index (κ1) is 16.8. The van der Waals surface area contributed by atoms with Crippen molar-refractivity contribution in [3.8, 4) is 22.8 Å². The van der Waals surface area contributed by atoms with Crippen molar-refractivity contribution >= 4 is 16.8 Å². The molecule has 1 aromatic heterocycles. The molecule has 0 bridgehead atoms. The van der Waals surface area contributed by atoms with E-state index in [4.69, 9.17) is 9.26 Å². The van der Waals surface area contributed by atoms with Gasteiger partial charge in [0.05, 0.1) is 5.39 Å². The first-order valence-corrected chi connectivity index (χ1v) is 7.20. The Morgan fingerprint density at radius 3 is 2.44 bits per heavy atom. The van der Waals surface area contributed by atoms with Gasteiger partial charge in [0.1, 0.15) is 12.4 Å². The fourth-order valence-corrected chi connectivity index (χ4v) is 2.22. The highest BCUT2D eigenvalue weighted by Gasteiger charge is 2.30. The van der Waals surface area contributed by atoms with Crippen LogP contribution in [-0.4, -0.2) is 23.9 Å². The Kier molecular flexibility index (Phi) is 4.35. The molecule has 1 heterocycles. The van der Waals surface area contributed by atoms with Crippen LogP contribution in [0.3, 0.4) is 0 Å². The molecule has 0 N–H and O–H groups in total. The van der Waals surface area contributed by atoms with Crippen molar-refractivity contribution in [3.63, 3.8) is 0 Å². The van der Waals surface area contributed by atoms with Gasteiger partial charge in [-0.25, -0.2) is 0 Å². The average molecular weight is 351 g/mol. The molecule has 0 fully saturated rings. The van der Waals surface area contributed by atoms with Gasteiger partial charge in [-0.3, -0.25) is 4.79 Å². The van der Waals surface area contributed by atoms with Crippen LogP contribution in [0.15, 0.2) is 47.0 Å². The van der Waals surface area contributed by atoms with Gasteiger partial charge < -0.3 is 14.0 Å². The van der Waals surface area contributed by atoms with Gasteiger partial charge in [0.2, 0.25) is 0 Å². The first-order chi connectivity index (χ1) is 11.8. The van der Waals surface area contributed by atoms with Gasteiger partial charge in [0.15, 0.2) is 11.4 Å². The van der Waals surface area contributed by atoms with E-state index in [1.807, 2.05) is 0 Å². The monoisotopic (exact) mass is 351 g/mol. The van der Waals surface area contributed by atoms with Crippen LogP contribution in [0, 0.1) is 0 Å². The molecule has 0 atom stereocenters. The molecule has 0 aliphatic rings. The Morgan fingerprint density at radius 1 is 1.12 bits per heavy atom. The molecule has 130 valence electrons. The fraction of sp³-hybridized carbons (Fsp3) is 0.176. The summed E-state index contributed by atoms with van der Waals surface area (Å²) in [6.07, 6.45) is -4.73. The summed E-state index contributed by atoms with van der Waals surface area (Å²) in [5.41, 5.74) is 1.87. The largest absolute Gasteiger partial charge is 0.573 e. The van der Waals surface area contributed by atoms with E-state index in [-0.39, 0.29) is 24.0 Å². The second kappa shape index (κ2) is 6.46. The highest BCUT2D eigenvalue weighted by atomic mass is 19.4. The zero-order valence-corrected chi connectivity index (χ0v) is 13.0. The van der Waals surface area contributed by atoms with Crippen LogP contribution in [0.1, 0.15) is 6.92 Å². The van der Waals surface area contributed by atoms with Crippen molar-refractivity contribution < 1.29 is 32.0 Å². The molecule has 0 aliphatic heterocycles. The lowest BCUT2D eigenvalue weighted by atomic mass is 10.0. The number of halogens is 3. The molecule has 0 spiro atoms. The van der Waals surface area contributed by atoms with Crippen LogP contribution >= 0.6 is 0 Å². The molecule has 0 amide bonds. The van der Waals surface area contributed by atoms with Gasteiger partial charge >= 0.3 is 6.36 Å². The molecular weight excluding hydrogens is 339 g/mol. The molecule has 5 nitrogen and oxygen atoms in total. The number of carbonyl (C=O) groups is 1. The number of hydrogen-bond acceptors (Lipinski definition) is 5. The van der Waals surface area contributed by atoms with Gasteiger partial charge in [-0.1, -0.05) is 18.2 Å². The number of carbonyl (C=O) groups excluding carboxylic acids is 1. The van der Waals surface area contributed by atoms with Gasteiger partial charge in [0, 0.05) is 0 Å². The van der Waals surface area contributed by atoms with Crippen molar-refractivity contribution in [1.82, 2.24) is 5.16 Å². The molecule has 3 aromatic rings. The van der Waals surface area contributed by atoms with Crippen molar-refractivity contribution in [1.29, 1.82) is 0 Å². The number of rotatable bonds is 5. The summed E-state index contributed by atoms with van der Waals surface area (Å²) >= 11 is 0. The summed E-state index contributed by atoms with van der Waals surface area (Å²) in [6.45, 7) is 1.26. The zero-order chi connectivity index (χ0) is 18.0. The van der Waals surface area contributed by atoms with Gasteiger partial charge in [0.25, 0.3) is 5.88 Å². The molecule has 2 aromatic carbocycles. The topological polar surface area (TPSA) is 61.6 Å². The quantitative estimate of drug-likeness (QED) is 0.683. The van der Waals surface area contributed by atoms with Crippen molar-refractivity contribution in [2.75, 3.05) is 6.61 Å². The molecule has 0 unspecified atom stereocenters. The van der Waals surface area contributed by atoms with Crippen LogP contribution in [0.2, 0.25) is 0 Å². The van der Waals surface area contributed by atoms with E-state index in [0.717, 1.165) is 5.56 Å². The maximum atomic E-state index is 12.2. The summed E-state index contributed by atoms with van der Waals surface area (Å²) in [5.74, 6) is -0.274. The number of hydrogen-bond donors (Lipinski definition) is 0. The van der Waals surface area contributed by atoms with E-state index >= 15 is 0 Å². The Balaban J connectivity index is 1.88. The van der Waals surface area contributed by atoms with Crippen LogP contribution < -0.4 is 9.47 Å². The fourth-order valence-electron chi connectivity index (χ4n) is 2.22. The highest BCUT2D eigenvalue weighted by Crippen LogP contribution is 2.31. The zero-order valence-electron chi connectivity index (χ0n) is 13.0. The summed E-state index contributed by atoms with van der Waals surface area (Å²) in [7, 11) is 0. The predicted octanol–water partition coefficient (Wildman–Crippen LogP) is 4.36. The Bertz CT molecular complexity index is 900. The van der Waals surface area contributed by atoms with E-state index in [2.05, 4.69) is 9.89 Å². The Morgan fingerprint density at radius 2 is 1.80 bits per heavy atom. The smallest absolute Gasteiger partial charge is 0.467 e. The van der Waals surface area contributed by atoms with E-state index in [0.29, 0.717) is 16.5 Å². The third-order valence-electron chi connectivity index (χ3n) is 3.27. The second-order valence-corrected chi connectivity index (χ2v) is 5.26. The number of ether oxygens (including phenoxy) is 2. The van der Waals surface area contributed by atoms with E-state index in [1.54, 1.807) is 18.2 Å². The summed E-state index contributed by atoms with van der Waals surface area (Å²) in [6, 6.07) is 10.6. The molecule has 0 saturated carbocycles. The van der Waals surface area contributed by atoms with Crippen LogP contribution in [0.25, 0.3) is 22.1 Å². The van der Waals surface area contributed by atoms with Gasteiger partial charge in [-0.2, -0.15) is 0 Å². The lowest BCUT2D eigenvalue weighted by Crippen LogP contribution is -2.16.